The van der Waals surface area contributed by atoms with E-state index in [0.717, 1.165) is 12.1 Å². The highest BCUT2D eigenvalue weighted by molar-refractivity contribution is 5.83. The second-order valence-electron chi connectivity index (χ2n) is 4.10. The number of carbonyl (C=O) groups excluding carboxylic acids is 1. The zero-order valence-corrected chi connectivity index (χ0v) is 10.6. The predicted molar refractivity (Wildman–Crippen MR) is 69.4 cm³/mol. The highest BCUT2D eigenvalue weighted by Gasteiger charge is 2.12. The molecule has 0 saturated carbocycles. The van der Waals surface area contributed by atoms with Gasteiger partial charge in [0.1, 0.15) is 11.9 Å². The van der Waals surface area contributed by atoms with E-state index in [0.29, 0.717) is 12.4 Å². The number of nitrogens with one attached hydrogen (secondary N) is 2. The third kappa shape index (κ3) is 2.77. The van der Waals surface area contributed by atoms with E-state index in [9.17, 15) is 4.79 Å². The van der Waals surface area contributed by atoms with Crippen molar-refractivity contribution in [1.82, 2.24) is 19.9 Å². The summed E-state index contributed by atoms with van der Waals surface area (Å²) < 4.78 is 1.67. The molecule has 0 aliphatic rings. The topological polar surface area (TPSA) is 71.3 Å². The Labute approximate surface area is 105 Å². The molecule has 18 heavy (non-hydrogen) atoms. The first-order chi connectivity index (χ1) is 8.70. The van der Waals surface area contributed by atoms with Crippen LogP contribution in [0.5, 0.6) is 0 Å². The van der Waals surface area contributed by atoms with Gasteiger partial charge in [0, 0.05) is 18.8 Å². The summed E-state index contributed by atoms with van der Waals surface area (Å²) in [6, 6.07) is 3.30. The third-order valence-corrected chi connectivity index (χ3v) is 2.56. The van der Waals surface area contributed by atoms with E-state index in [1.165, 1.54) is 0 Å². The van der Waals surface area contributed by atoms with Crippen LogP contribution in [0.3, 0.4) is 0 Å². The Morgan fingerprint density at radius 3 is 3.11 bits per heavy atom. The first kappa shape index (κ1) is 12.3. The summed E-state index contributed by atoms with van der Waals surface area (Å²) in [5, 5.41) is 9.97. The Balaban J connectivity index is 2.01. The molecule has 0 aromatic carbocycles. The van der Waals surface area contributed by atoms with Crippen molar-refractivity contribution in [1.29, 1.82) is 0 Å². The maximum absolute atomic E-state index is 11.7. The number of hydrogen-bond donors (Lipinski definition) is 2. The van der Waals surface area contributed by atoms with Gasteiger partial charge >= 0.3 is 0 Å². The zero-order chi connectivity index (χ0) is 13.0. The van der Waals surface area contributed by atoms with Crippen LogP contribution in [-0.2, 0) is 4.79 Å². The molecule has 2 rings (SSSR count). The van der Waals surface area contributed by atoms with Gasteiger partial charge in [0.2, 0.25) is 5.91 Å². The van der Waals surface area contributed by atoms with Crippen LogP contribution >= 0.6 is 0 Å². The lowest BCUT2D eigenvalue weighted by molar-refractivity contribution is -0.121. The van der Waals surface area contributed by atoms with Crippen molar-refractivity contribution in [2.45, 2.75) is 26.3 Å². The summed E-state index contributed by atoms with van der Waals surface area (Å²) >= 11 is 0. The molecule has 0 spiro atoms. The fourth-order valence-corrected chi connectivity index (χ4v) is 1.58. The number of rotatable bonds is 5. The van der Waals surface area contributed by atoms with Crippen LogP contribution in [0.4, 0.5) is 5.82 Å². The summed E-state index contributed by atoms with van der Waals surface area (Å²) in [6.45, 7) is 4.53. The highest BCUT2D eigenvalue weighted by Crippen LogP contribution is 2.07. The van der Waals surface area contributed by atoms with Crippen molar-refractivity contribution in [2.24, 2.45) is 0 Å². The summed E-state index contributed by atoms with van der Waals surface area (Å²) in [5.74, 6) is 0.647. The highest BCUT2D eigenvalue weighted by atomic mass is 16.2. The molecule has 2 aromatic rings. The average molecular weight is 247 g/mol. The maximum Gasteiger partial charge on any atom is 0.242 e. The van der Waals surface area contributed by atoms with E-state index < -0.39 is 0 Å². The molecule has 6 nitrogen and oxygen atoms in total. The Hall–Kier alpha value is -2.11. The second-order valence-corrected chi connectivity index (χ2v) is 4.10. The van der Waals surface area contributed by atoms with Crippen molar-refractivity contribution in [3.05, 3.63) is 24.5 Å². The van der Waals surface area contributed by atoms with Crippen molar-refractivity contribution < 1.29 is 4.79 Å². The molecular formula is C12H17N5O. The number of amides is 1. The standard InChI is InChI=1S/C12H17N5O/c1-3-6-13-12(18)9(2)15-10-5-8-17-11(16-10)4-7-14-17/h4-5,7-9H,3,6H2,1-2H3,(H,13,18)(H,15,16). The van der Waals surface area contributed by atoms with Crippen LogP contribution in [0.2, 0.25) is 0 Å². The molecule has 2 heterocycles. The van der Waals surface area contributed by atoms with E-state index in [-0.39, 0.29) is 11.9 Å². The third-order valence-electron chi connectivity index (χ3n) is 2.56. The Bertz CT molecular complexity index is 536. The van der Waals surface area contributed by atoms with E-state index in [4.69, 9.17) is 0 Å². The number of aromatic nitrogens is 3. The molecule has 0 radical (unpaired) electrons. The second kappa shape index (κ2) is 5.48. The van der Waals surface area contributed by atoms with Gasteiger partial charge in [0.05, 0.1) is 6.20 Å². The van der Waals surface area contributed by atoms with Gasteiger partial charge in [0.15, 0.2) is 5.65 Å². The predicted octanol–water partition coefficient (Wildman–Crippen LogP) is 1.06. The van der Waals surface area contributed by atoms with Crippen LogP contribution in [0, 0.1) is 0 Å². The largest absolute Gasteiger partial charge is 0.359 e. The van der Waals surface area contributed by atoms with E-state index in [2.05, 4.69) is 20.7 Å². The monoisotopic (exact) mass is 247 g/mol. The first-order valence-corrected chi connectivity index (χ1v) is 6.05. The van der Waals surface area contributed by atoms with Crippen LogP contribution in [0.1, 0.15) is 20.3 Å². The molecule has 6 heteroatoms. The average Bonchev–Trinajstić information content (AvgIpc) is 2.83. The molecule has 1 amide bonds. The van der Waals surface area contributed by atoms with Crippen molar-refractivity contribution >= 4 is 17.4 Å². The lowest BCUT2D eigenvalue weighted by Gasteiger charge is -2.14. The Morgan fingerprint density at radius 1 is 1.50 bits per heavy atom. The molecular weight excluding hydrogens is 230 g/mol. The SMILES string of the molecule is CCCNC(=O)C(C)Nc1ccn2nccc2n1. The van der Waals surface area contributed by atoms with Crippen molar-refractivity contribution in [2.75, 3.05) is 11.9 Å². The molecule has 0 aliphatic carbocycles. The summed E-state index contributed by atoms with van der Waals surface area (Å²) in [7, 11) is 0. The number of nitrogens with zero attached hydrogens (tertiary/aromatic N) is 3. The van der Waals surface area contributed by atoms with Crippen LogP contribution in [0.15, 0.2) is 24.5 Å². The normalized spacial score (nSPS) is 12.3. The van der Waals surface area contributed by atoms with Gasteiger partial charge < -0.3 is 10.6 Å². The summed E-state index contributed by atoms with van der Waals surface area (Å²) in [5.41, 5.74) is 0.751. The lowest BCUT2D eigenvalue weighted by Crippen LogP contribution is -2.38. The van der Waals surface area contributed by atoms with Crippen LogP contribution in [0.25, 0.3) is 5.65 Å². The lowest BCUT2D eigenvalue weighted by atomic mass is 10.3. The van der Waals surface area contributed by atoms with Crippen molar-refractivity contribution in [3.8, 4) is 0 Å². The molecule has 0 saturated heterocycles. The minimum absolute atomic E-state index is 0.0213. The van der Waals surface area contributed by atoms with Crippen LogP contribution in [-0.4, -0.2) is 33.1 Å². The van der Waals surface area contributed by atoms with Gasteiger partial charge in [-0.1, -0.05) is 6.92 Å². The van der Waals surface area contributed by atoms with Gasteiger partial charge in [-0.25, -0.2) is 9.50 Å². The number of anilines is 1. The summed E-state index contributed by atoms with van der Waals surface area (Å²) in [4.78, 5) is 16.0. The van der Waals surface area contributed by atoms with E-state index >= 15 is 0 Å². The minimum atomic E-state index is -0.311. The summed E-state index contributed by atoms with van der Waals surface area (Å²) in [6.07, 6.45) is 4.42. The number of carbonyl (C=O) groups is 1. The quantitative estimate of drug-likeness (QED) is 0.828. The minimum Gasteiger partial charge on any atom is -0.359 e. The number of fused-ring (bicyclic) bond motifs is 1. The molecule has 2 aromatic heterocycles. The molecule has 1 unspecified atom stereocenters. The smallest absolute Gasteiger partial charge is 0.242 e. The van der Waals surface area contributed by atoms with E-state index in [1.807, 2.05) is 19.9 Å². The van der Waals surface area contributed by atoms with Crippen LogP contribution < -0.4 is 10.6 Å². The van der Waals surface area contributed by atoms with E-state index in [1.54, 1.807) is 23.0 Å². The van der Waals surface area contributed by atoms with Gasteiger partial charge in [-0.05, 0) is 19.4 Å². The van der Waals surface area contributed by atoms with Gasteiger partial charge in [-0.3, -0.25) is 4.79 Å². The zero-order valence-electron chi connectivity index (χ0n) is 10.6. The van der Waals surface area contributed by atoms with Gasteiger partial charge in [-0.2, -0.15) is 5.10 Å². The maximum atomic E-state index is 11.7. The van der Waals surface area contributed by atoms with Gasteiger partial charge in [-0.15, -0.1) is 0 Å². The molecule has 0 bridgehead atoms. The number of hydrogen-bond acceptors (Lipinski definition) is 4. The first-order valence-electron chi connectivity index (χ1n) is 6.05. The van der Waals surface area contributed by atoms with Gasteiger partial charge in [0.25, 0.3) is 0 Å². The van der Waals surface area contributed by atoms with Crippen molar-refractivity contribution in [3.63, 3.8) is 0 Å². The molecule has 1 atom stereocenters. The fourth-order valence-electron chi connectivity index (χ4n) is 1.58. The molecule has 0 fully saturated rings. The fraction of sp³-hybridized carbons (Fsp3) is 0.417. The molecule has 96 valence electrons. The molecule has 2 N–H and O–H groups in total. The molecule has 0 aliphatic heterocycles. The Kier molecular flexibility index (Phi) is 3.76. The Morgan fingerprint density at radius 2 is 2.33 bits per heavy atom.